The number of para-hydroxylation sites is 1. The molecule has 0 saturated heterocycles. The zero-order valence-corrected chi connectivity index (χ0v) is 13.3. The van der Waals surface area contributed by atoms with Gasteiger partial charge in [-0.15, -0.1) is 0 Å². The van der Waals surface area contributed by atoms with Crippen LogP contribution in [0.25, 0.3) is 0 Å². The summed E-state index contributed by atoms with van der Waals surface area (Å²) in [6.45, 7) is 8.96. The van der Waals surface area contributed by atoms with Gasteiger partial charge in [0.1, 0.15) is 12.4 Å². The summed E-state index contributed by atoms with van der Waals surface area (Å²) in [7, 11) is 1.69. The van der Waals surface area contributed by atoms with Crippen LogP contribution in [0.5, 0.6) is 5.75 Å². The van der Waals surface area contributed by atoms with Gasteiger partial charge < -0.3 is 14.8 Å². The number of hydrogen-bond donors (Lipinski definition) is 1. The van der Waals surface area contributed by atoms with Crippen LogP contribution in [0.2, 0.25) is 0 Å². The average Bonchev–Trinajstić information content (AvgIpc) is 2.49. The van der Waals surface area contributed by atoms with Crippen LogP contribution in [0.1, 0.15) is 45.2 Å². The van der Waals surface area contributed by atoms with Gasteiger partial charge in [-0.3, -0.25) is 0 Å². The van der Waals surface area contributed by atoms with Gasteiger partial charge in [0.2, 0.25) is 0 Å². The number of methoxy groups -OCH3 is 1. The van der Waals surface area contributed by atoms with Crippen molar-refractivity contribution in [1.29, 1.82) is 0 Å². The molecule has 114 valence electrons. The fourth-order valence-electron chi connectivity index (χ4n) is 2.26. The second-order valence-electron chi connectivity index (χ2n) is 5.20. The molecule has 0 aromatic heterocycles. The SMILES string of the molecule is CCCNC(c1ccccc1OCCOC)C(C)CC. The number of rotatable bonds is 10. The third kappa shape index (κ3) is 5.14. The molecule has 0 radical (unpaired) electrons. The predicted molar refractivity (Wildman–Crippen MR) is 84.3 cm³/mol. The van der Waals surface area contributed by atoms with Crippen LogP contribution in [0, 0.1) is 5.92 Å². The Balaban J connectivity index is 2.87. The first kappa shape index (κ1) is 17.0. The maximum Gasteiger partial charge on any atom is 0.124 e. The maximum absolute atomic E-state index is 5.87. The van der Waals surface area contributed by atoms with E-state index in [-0.39, 0.29) is 0 Å². The largest absolute Gasteiger partial charge is 0.491 e. The third-order valence-electron chi connectivity index (χ3n) is 3.63. The van der Waals surface area contributed by atoms with E-state index in [4.69, 9.17) is 9.47 Å². The Morgan fingerprint density at radius 3 is 2.55 bits per heavy atom. The molecule has 1 aromatic carbocycles. The standard InChI is InChI=1S/C17H29NO2/c1-5-11-18-17(14(3)6-2)15-9-7-8-10-16(15)20-13-12-19-4/h7-10,14,17-18H,5-6,11-13H2,1-4H3. The number of hydrogen-bond acceptors (Lipinski definition) is 3. The highest BCUT2D eigenvalue weighted by molar-refractivity contribution is 5.36. The molecule has 0 bridgehead atoms. The van der Waals surface area contributed by atoms with Gasteiger partial charge in [-0.25, -0.2) is 0 Å². The Morgan fingerprint density at radius 1 is 1.15 bits per heavy atom. The third-order valence-corrected chi connectivity index (χ3v) is 3.63. The minimum Gasteiger partial charge on any atom is -0.491 e. The van der Waals surface area contributed by atoms with Crippen molar-refractivity contribution in [2.75, 3.05) is 26.9 Å². The van der Waals surface area contributed by atoms with E-state index in [0.717, 1.165) is 25.1 Å². The fraction of sp³-hybridized carbons (Fsp3) is 0.647. The lowest BCUT2D eigenvalue weighted by Crippen LogP contribution is -2.28. The van der Waals surface area contributed by atoms with Crippen LogP contribution < -0.4 is 10.1 Å². The van der Waals surface area contributed by atoms with Crippen molar-refractivity contribution in [2.45, 2.75) is 39.7 Å². The van der Waals surface area contributed by atoms with E-state index in [9.17, 15) is 0 Å². The molecule has 3 nitrogen and oxygen atoms in total. The number of benzene rings is 1. The molecule has 0 heterocycles. The molecular formula is C17H29NO2. The second kappa shape index (κ2) is 9.78. The van der Waals surface area contributed by atoms with E-state index in [1.54, 1.807) is 7.11 Å². The highest BCUT2D eigenvalue weighted by Gasteiger charge is 2.20. The summed E-state index contributed by atoms with van der Waals surface area (Å²) >= 11 is 0. The molecule has 1 aromatic rings. The summed E-state index contributed by atoms with van der Waals surface area (Å²) in [5.41, 5.74) is 1.26. The Labute approximate surface area is 123 Å². The van der Waals surface area contributed by atoms with E-state index in [1.807, 2.05) is 12.1 Å². The lowest BCUT2D eigenvalue weighted by atomic mass is 9.91. The quantitative estimate of drug-likeness (QED) is 0.661. The summed E-state index contributed by atoms with van der Waals surface area (Å²) in [6.07, 6.45) is 2.29. The van der Waals surface area contributed by atoms with Crippen LogP contribution in [0.4, 0.5) is 0 Å². The smallest absolute Gasteiger partial charge is 0.124 e. The molecule has 2 unspecified atom stereocenters. The molecule has 1 N–H and O–H groups in total. The molecule has 0 amide bonds. The summed E-state index contributed by atoms with van der Waals surface area (Å²) in [4.78, 5) is 0. The first-order chi connectivity index (χ1) is 9.74. The van der Waals surface area contributed by atoms with Crippen molar-refractivity contribution < 1.29 is 9.47 Å². The first-order valence-electron chi connectivity index (χ1n) is 7.68. The molecule has 0 aliphatic heterocycles. The molecule has 20 heavy (non-hydrogen) atoms. The van der Waals surface area contributed by atoms with E-state index in [2.05, 4.69) is 38.2 Å². The summed E-state index contributed by atoms with van der Waals surface area (Å²) < 4.78 is 10.9. The van der Waals surface area contributed by atoms with E-state index in [1.165, 1.54) is 5.56 Å². The monoisotopic (exact) mass is 279 g/mol. The van der Waals surface area contributed by atoms with Crippen molar-refractivity contribution in [3.05, 3.63) is 29.8 Å². The lowest BCUT2D eigenvalue weighted by molar-refractivity contribution is 0.145. The van der Waals surface area contributed by atoms with Crippen molar-refractivity contribution in [3.8, 4) is 5.75 Å². The topological polar surface area (TPSA) is 30.5 Å². The molecule has 0 saturated carbocycles. The Kier molecular flexibility index (Phi) is 8.31. The molecule has 0 spiro atoms. The van der Waals surface area contributed by atoms with Crippen molar-refractivity contribution >= 4 is 0 Å². The Bertz CT molecular complexity index is 368. The van der Waals surface area contributed by atoms with Crippen LogP contribution >= 0.6 is 0 Å². The van der Waals surface area contributed by atoms with Crippen molar-refractivity contribution in [1.82, 2.24) is 5.32 Å². The van der Waals surface area contributed by atoms with Crippen LogP contribution in [-0.4, -0.2) is 26.9 Å². The van der Waals surface area contributed by atoms with E-state index < -0.39 is 0 Å². The maximum atomic E-state index is 5.87. The van der Waals surface area contributed by atoms with Gasteiger partial charge >= 0.3 is 0 Å². The second-order valence-corrected chi connectivity index (χ2v) is 5.20. The van der Waals surface area contributed by atoms with E-state index in [0.29, 0.717) is 25.2 Å². The van der Waals surface area contributed by atoms with Gasteiger partial charge in [-0.2, -0.15) is 0 Å². The van der Waals surface area contributed by atoms with Gasteiger partial charge in [0.05, 0.1) is 6.61 Å². The number of ether oxygens (including phenoxy) is 2. The summed E-state index contributed by atoms with van der Waals surface area (Å²) in [5, 5.41) is 3.66. The minimum absolute atomic E-state index is 0.346. The normalized spacial score (nSPS) is 14.0. The zero-order chi connectivity index (χ0) is 14.8. The molecule has 0 fully saturated rings. The molecule has 0 aliphatic rings. The molecule has 3 heteroatoms. The van der Waals surface area contributed by atoms with Crippen molar-refractivity contribution in [2.24, 2.45) is 5.92 Å². The Morgan fingerprint density at radius 2 is 1.90 bits per heavy atom. The lowest BCUT2D eigenvalue weighted by Gasteiger charge is -2.26. The van der Waals surface area contributed by atoms with Gasteiger partial charge in [0.25, 0.3) is 0 Å². The molecule has 1 rings (SSSR count). The van der Waals surface area contributed by atoms with Crippen LogP contribution in [0.3, 0.4) is 0 Å². The molecular weight excluding hydrogens is 250 g/mol. The van der Waals surface area contributed by atoms with Crippen LogP contribution in [0.15, 0.2) is 24.3 Å². The van der Waals surface area contributed by atoms with Gasteiger partial charge in [0, 0.05) is 18.7 Å². The number of nitrogens with one attached hydrogen (secondary N) is 1. The zero-order valence-electron chi connectivity index (χ0n) is 13.3. The minimum atomic E-state index is 0.346. The first-order valence-corrected chi connectivity index (χ1v) is 7.68. The highest BCUT2D eigenvalue weighted by atomic mass is 16.5. The van der Waals surface area contributed by atoms with Crippen molar-refractivity contribution in [3.63, 3.8) is 0 Å². The summed E-state index contributed by atoms with van der Waals surface area (Å²) in [5.74, 6) is 1.55. The van der Waals surface area contributed by atoms with Gasteiger partial charge in [-0.05, 0) is 24.9 Å². The average molecular weight is 279 g/mol. The predicted octanol–water partition coefficient (Wildman–Crippen LogP) is 3.80. The van der Waals surface area contributed by atoms with Crippen LogP contribution in [-0.2, 0) is 4.74 Å². The molecule has 2 atom stereocenters. The van der Waals surface area contributed by atoms with Gasteiger partial charge in [-0.1, -0.05) is 45.4 Å². The Hall–Kier alpha value is -1.06. The highest BCUT2D eigenvalue weighted by Crippen LogP contribution is 2.31. The molecule has 0 aliphatic carbocycles. The van der Waals surface area contributed by atoms with E-state index >= 15 is 0 Å². The fourth-order valence-corrected chi connectivity index (χ4v) is 2.26. The van der Waals surface area contributed by atoms with Gasteiger partial charge in [0.15, 0.2) is 0 Å². The summed E-state index contributed by atoms with van der Waals surface area (Å²) in [6, 6.07) is 8.68.